The summed E-state index contributed by atoms with van der Waals surface area (Å²) in [5.74, 6) is -0.930. The van der Waals surface area contributed by atoms with E-state index in [9.17, 15) is 31.2 Å². The van der Waals surface area contributed by atoms with Crippen LogP contribution in [0.15, 0.2) is 53.4 Å². The number of sulfonamides is 1. The number of nitrogens with two attached hydrogens (primary N) is 1. The summed E-state index contributed by atoms with van der Waals surface area (Å²) >= 11 is 0. The highest BCUT2D eigenvalue weighted by Gasteiger charge is 2.29. The Bertz CT molecular complexity index is 1160. The third kappa shape index (κ3) is 5.95. The van der Waals surface area contributed by atoms with Crippen LogP contribution in [0.25, 0.3) is 6.08 Å². The van der Waals surface area contributed by atoms with Gasteiger partial charge in [0.15, 0.2) is 0 Å². The molecule has 3 N–H and O–H groups in total. The van der Waals surface area contributed by atoms with Crippen LogP contribution in [0.3, 0.4) is 0 Å². The first-order chi connectivity index (χ1) is 14.9. The van der Waals surface area contributed by atoms with E-state index in [0.717, 1.165) is 23.8 Å². The van der Waals surface area contributed by atoms with Crippen molar-refractivity contribution in [1.29, 1.82) is 0 Å². The van der Waals surface area contributed by atoms with E-state index in [2.05, 4.69) is 5.32 Å². The average molecular weight is 467 g/mol. The highest BCUT2D eigenvalue weighted by molar-refractivity contribution is 7.89. The zero-order valence-corrected chi connectivity index (χ0v) is 17.5. The zero-order valence-electron chi connectivity index (χ0n) is 16.7. The Kier molecular flexibility index (Phi) is 6.70. The summed E-state index contributed by atoms with van der Waals surface area (Å²) in [5.41, 5.74) is 1.20. The number of alkyl halides is 3. The van der Waals surface area contributed by atoms with Crippen molar-refractivity contribution >= 4 is 27.9 Å². The highest BCUT2D eigenvalue weighted by atomic mass is 32.2. The Morgan fingerprint density at radius 2 is 1.78 bits per heavy atom. The average Bonchev–Trinajstić information content (AvgIpc) is 2.74. The number of fused-ring (bicyclic) bond motifs is 1. The Morgan fingerprint density at radius 3 is 2.41 bits per heavy atom. The maximum atomic E-state index is 12.6. The topological polar surface area (TPSA) is 110 Å². The number of halogens is 3. The molecule has 1 aliphatic heterocycles. The van der Waals surface area contributed by atoms with Crippen LogP contribution in [0.5, 0.6) is 0 Å². The Labute approximate surface area is 182 Å². The number of rotatable bonds is 5. The van der Waals surface area contributed by atoms with E-state index < -0.39 is 27.7 Å². The van der Waals surface area contributed by atoms with Crippen LogP contribution in [0, 0.1) is 0 Å². The minimum atomic E-state index is -4.44. The second-order valence-corrected chi connectivity index (χ2v) is 8.77. The van der Waals surface area contributed by atoms with Crippen molar-refractivity contribution in [3.05, 3.63) is 70.8 Å². The number of benzene rings is 2. The molecule has 7 nitrogen and oxygen atoms in total. The van der Waals surface area contributed by atoms with Crippen molar-refractivity contribution in [1.82, 2.24) is 10.2 Å². The third-order valence-corrected chi connectivity index (χ3v) is 5.86. The molecule has 0 saturated carbocycles. The van der Waals surface area contributed by atoms with Gasteiger partial charge in [0.05, 0.1) is 17.0 Å². The van der Waals surface area contributed by atoms with Gasteiger partial charge in [0.2, 0.25) is 21.8 Å². The summed E-state index contributed by atoms with van der Waals surface area (Å²) in [5, 5.41) is 7.58. The SMILES string of the molecule is NS(=O)(=O)c1ccc2c(c1)CN(C(=O)CNC(=O)/C=C/c1ccc(C(F)(F)F)cc1)CC2. The fraction of sp³-hybridized carbons (Fsp3) is 0.238. The number of carbonyl (C=O) groups is 2. The molecule has 0 atom stereocenters. The fourth-order valence-corrected chi connectivity index (χ4v) is 3.78. The van der Waals surface area contributed by atoms with Crippen LogP contribution < -0.4 is 10.5 Å². The molecule has 3 rings (SSSR count). The van der Waals surface area contributed by atoms with Gasteiger partial charge < -0.3 is 10.2 Å². The summed E-state index contributed by atoms with van der Waals surface area (Å²) in [4.78, 5) is 25.9. The fourth-order valence-electron chi connectivity index (χ4n) is 3.21. The predicted octanol–water partition coefficient (Wildman–Crippen LogP) is 2.07. The smallest absolute Gasteiger partial charge is 0.343 e. The van der Waals surface area contributed by atoms with Crippen molar-refractivity contribution in [2.75, 3.05) is 13.1 Å². The molecule has 0 aromatic heterocycles. The van der Waals surface area contributed by atoms with Gasteiger partial charge in [-0.05, 0) is 53.5 Å². The lowest BCUT2D eigenvalue weighted by Crippen LogP contribution is -2.42. The van der Waals surface area contributed by atoms with Gasteiger partial charge in [-0.15, -0.1) is 0 Å². The Hall–Kier alpha value is -3.18. The van der Waals surface area contributed by atoms with Crippen LogP contribution in [0.4, 0.5) is 13.2 Å². The van der Waals surface area contributed by atoms with E-state index in [-0.39, 0.29) is 23.9 Å². The molecule has 0 radical (unpaired) electrons. The minimum Gasteiger partial charge on any atom is -0.343 e. The molecule has 0 spiro atoms. The largest absolute Gasteiger partial charge is 0.416 e. The standard InChI is InChI=1S/C21H20F3N3O4S/c22-21(23,24)17-5-1-14(2-6-17)3-8-19(28)26-12-20(29)27-10-9-15-4-7-18(32(25,30)31)11-16(15)13-27/h1-8,11H,9-10,12-13H2,(H,26,28)(H2,25,30,31)/b8-3+. The van der Waals surface area contributed by atoms with Crippen LogP contribution in [-0.2, 0) is 38.8 Å². The Morgan fingerprint density at radius 1 is 1.09 bits per heavy atom. The Balaban J connectivity index is 1.54. The van der Waals surface area contributed by atoms with Gasteiger partial charge in [0, 0.05) is 19.2 Å². The lowest BCUT2D eigenvalue weighted by molar-refractivity contribution is -0.137. The summed E-state index contributed by atoms with van der Waals surface area (Å²) in [6.45, 7) is 0.326. The third-order valence-electron chi connectivity index (χ3n) is 4.95. The van der Waals surface area contributed by atoms with Crippen molar-refractivity contribution in [2.45, 2.75) is 24.0 Å². The van der Waals surface area contributed by atoms with E-state index in [0.29, 0.717) is 24.1 Å². The molecule has 0 fully saturated rings. The summed E-state index contributed by atoms with van der Waals surface area (Å²) in [6.07, 6.45) is -1.44. The second kappa shape index (κ2) is 9.13. The van der Waals surface area contributed by atoms with Gasteiger partial charge in [-0.1, -0.05) is 18.2 Å². The first-order valence-electron chi connectivity index (χ1n) is 9.49. The molecule has 2 aromatic rings. The van der Waals surface area contributed by atoms with Crippen LogP contribution in [0.2, 0.25) is 0 Å². The van der Waals surface area contributed by atoms with Crippen molar-refractivity contribution < 1.29 is 31.2 Å². The molecule has 1 heterocycles. The van der Waals surface area contributed by atoms with E-state index in [1.165, 1.54) is 35.2 Å². The van der Waals surface area contributed by atoms with Crippen LogP contribution >= 0.6 is 0 Å². The molecule has 0 saturated heterocycles. The van der Waals surface area contributed by atoms with E-state index in [1.807, 2.05) is 0 Å². The van der Waals surface area contributed by atoms with Crippen molar-refractivity contribution in [3.8, 4) is 0 Å². The first-order valence-corrected chi connectivity index (χ1v) is 11.0. The normalized spacial score (nSPS) is 14.3. The van der Waals surface area contributed by atoms with E-state index in [1.54, 1.807) is 6.07 Å². The highest BCUT2D eigenvalue weighted by Crippen LogP contribution is 2.29. The van der Waals surface area contributed by atoms with Gasteiger partial charge in [-0.2, -0.15) is 13.2 Å². The lowest BCUT2D eigenvalue weighted by Gasteiger charge is -2.29. The summed E-state index contributed by atoms with van der Waals surface area (Å²) in [7, 11) is -3.86. The number of hydrogen-bond donors (Lipinski definition) is 2. The maximum absolute atomic E-state index is 12.6. The number of amides is 2. The summed E-state index contributed by atoms with van der Waals surface area (Å²) in [6, 6.07) is 8.83. The predicted molar refractivity (Wildman–Crippen MR) is 110 cm³/mol. The quantitative estimate of drug-likeness (QED) is 0.656. The molecule has 2 aromatic carbocycles. The molecule has 2 amide bonds. The van der Waals surface area contributed by atoms with E-state index >= 15 is 0 Å². The van der Waals surface area contributed by atoms with Gasteiger partial charge in [0.25, 0.3) is 0 Å². The van der Waals surface area contributed by atoms with Gasteiger partial charge in [0.1, 0.15) is 0 Å². The van der Waals surface area contributed by atoms with Crippen molar-refractivity contribution in [2.24, 2.45) is 5.14 Å². The number of primary sulfonamides is 1. The molecular weight excluding hydrogens is 447 g/mol. The van der Waals surface area contributed by atoms with Crippen LogP contribution in [0.1, 0.15) is 22.3 Å². The first kappa shape index (κ1) is 23.5. The molecule has 1 aliphatic rings. The maximum Gasteiger partial charge on any atom is 0.416 e. The minimum absolute atomic E-state index is 0.0349. The van der Waals surface area contributed by atoms with Crippen molar-refractivity contribution in [3.63, 3.8) is 0 Å². The number of nitrogens with zero attached hydrogens (tertiary/aromatic N) is 1. The monoisotopic (exact) mass is 467 g/mol. The molecule has 11 heteroatoms. The van der Waals surface area contributed by atoms with Gasteiger partial charge >= 0.3 is 6.18 Å². The molecule has 0 aliphatic carbocycles. The summed E-state index contributed by atoms with van der Waals surface area (Å²) < 4.78 is 60.8. The lowest BCUT2D eigenvalue weighted by atomic mass is 10.00. The molecule has 32 heavy (non-hydrogen) atoms. The zero-order chi connectivity index (χ0) is 23.5. The molecule has 0 bridgehead atoms. The van der Waals surface area contributed by atoms with Gasteiger partial charge in [-0.25, -0.2) is 13.6 Å². The number of carbonyl (C=O) groups excluding carboxylic acids is 2. The molecule has 170 valence electrons. The van der Waals surface area contributed by atoms with Gasteiger partial charge in [-0.3, -0.25) is 9.59 Å². The molecular formula is C21H20F3N3O4S. The molecule has 0 unspecified atom stereocenters. The van der Waals surface area contributed by atoms with E-state index in [4.69, 9.17) is 5.14 Å². The second-order valence-electron chi connectivity index (χ2n) is 7.21. The number of hydrogen-bond acceptors (Lipinski definition) is 4. The number of nitrogens with one attached hydrogen (secondary N) is 1. The van der Waals surface area contributed by atoms with Crippen LogP contribution in [-0.4, -0.2) is 38.2 Å².